The van der Waals surface area contributed by atoms with Crippen molar-refractivity contribution in [1.29, 1.82) is 0 Å². The highest BCUT2D eigenvalue weighted by Gasteiger charge is 2.41. The van der Waals surface area contributed by atoms with E-state index < -0.39 is 8.80 Å². The van der Waals surface area contributed by atoms with Gasteiger partial charge in [0.2, 0.25) is 0 Å². The molecule has 1 aliphatic heterocycles. The van der Waals surface area contributed by atoms with Gasteiger partial charge in [0.25, 0.3) is 0 Å². The molecule has 0 aromatic heterocycles. The molecule has 0 saturated carbocycles. The van der Waals surface area contributed by atoms with Gasteiger partial charge in [-0.3, -0.25) is 0 Å². The van der Waals surface area contributed by atoms with Crippen LogP contribution < -0.4 is 0 Å². The zero-order chi connectivity index (χ0) is 11.9. The van der Waals surface area contributed by atoms with Gasteiger partial charge >= 0.3 is 8.80 Å². The third-order valence-corrected chi connectivity index (χ3v) is 5.49. The van der Waals surface area contributed by atoms with Crippen LogP contribution in [0.3, 0.4) is 0 Å². The summed E-state index contributed by atoms with van der Waals surface area (Å²) in [6.07, 6.45) is 2.50. The van der Waals surface area contributed by atoms with Crippen molar-refractivity contribution in [2.75, 3.05) is 26.4 Å². The fraction of sp³-hybridized carbons (Fsp3) is 1.00. The molecule has 0 aromatic carbocycles. The van der Waals surface area contributed by atoms with E-state index >= 15 is 0 Å². The molecule has 1 fully saturated rings. The van der Waals surface area contributed by atoms with E-state index in [0.717, 1.165) is 25.5 Å². The first-order valence-electron chi connectivity index (χ1n) is 6.29. The van der Waals surface area contributed by atoms with E-state index in [0.29, 0.717) is 19.8 Å². The highest BCUT2D eigenvalue weighted by Crippen LogP contribution is 2.21. The topological polar surface area (TPSA) is 40.2 Å². The number of ether oxygens (including phenoxy) is 1. The van der Waals surface area contributed by atoms with E-state index in [1.807, 2.05) is 13.8 Å². The fourth-order valence-corrected chi connectivity index (χ4v) is 4.35. The van der Waals surface area contributed by atoms with Gasteiger partial charge in [0.1, 0.15) is 6.10 Å². The zero-order valence-corrected chi connectivity index (χ0v) is 11.7. The van der Waals surface area contributed by atoms with E-state index in [1.165, 1.54) is 0 Å². The Balaban J connectivity index is 2.44. The molecule has 0 amide bonds. The molecule has 0 aliphatic carbocycles. The van der Waals surface area contributed by atoms with E-state index in [2.05, 4.69) is 6.92 Å². The molecule has 0 aromatic rings. The van der Waals surface area contributed by atoms with Gasteiger partial charge in [-0.1, -0.05) is 13.3 Å². The number of epoxide rings is 1. The lowest BCUT2D eigenvalue weighted by molar-refractivity contribution is 0.0610. The molecule has 1 aliphatic rings. The van der Waals surface area contributed by atoms with Crippen molar-refractivity contribution in [3.63, 3.8) is 0 Å². The van der Waals surface area contributed by atoms with Crippen molar-refractivity contribution >= 4 is 8.80 Å². The number of hydrogen-bond acceptors (Lipinski definition) is 4. The molecule has 96 valence electrons. The number of unbranched alkanes of at least 4 members (excludes halogenated alkanes) is 1. The van der Waals surface area contributed by atoms with Crippen LogP contribution in [0.4, 0.5) is 0 Å². The lowest BCUT2D eigenvalue weighted by Gasteiger charge is -2.28. The summed E-state index contributed by atoms with van der Waals surface area (Å²) in [7, 11) is -2.42. The minimum atomic E-state index is -2.42. The largest absolute Gasteiger partial charge is 0.501 e. The average Bonchev–Trinajstić information content (AvgIpc) is 3.08. The molecule has 1 rings (SSSR count). The molecule has 1 atom stereocenters. The van der Waals surface area contributed by atoms with Crippen molar-refractivity contribution in [3.05, 3.63) is 0 Å². The number of rotatable bonds is 10. The lowest BCUT2D eigenvalue weighted by Crippen LogP contribution is -2.46. The summed E-state index contributed by atoms with van der Waals surface area (Å²) < 4.78 is 22.6. The predicted molar refractivity (Wildman–Crippen MR) is 64.4 cm³/mol. The average molecular weight is 248 g/mol. The molecule has 16 heavy (non-hydrogen) atoms. The van der Waals surface area contributed by atoms with Crippen molar-refractivity contribution in [2.45, 2.75) is 45.8 Å². The van der Waals surface area contributed by atoms with E-state index in [4.69, 9.17) is 18.0 Å². The zero-order valence-electron chi connectivity index (χ0n) is 10.7. The normalized spacial score (nSPS) is 20.1. The molecule has 0 spiro atoms. The summed E-state index contributed by atoms with van der Waals surface area (Å²) in [6, 6.07) is 0.915. The van der Waals surface area contributed by atoms with Crippen LogP contribution in [0.25, 0.3) is 0 Å². The van der Waals surface area contributed by atoms with Gasteiger partial charge < -0.3 is 18.0 Å². The first kappa shape index (κ1) is 14.1. The second-order valence-electron chi connectivity index (χ2n) is 3.92. The third kappa shape index (κ3) is 4.93. The second kappa shape index (κ2) is 7.40. The van der Waals surface area contributed by atoms with Crippen molar-refractivity contribution in [2.24, 2.45) is 0 Å². The highest BCUT2D eigenvalue weighted by molar-refractivity contribution is 6.60. The van der Waals surface area contributed by atoms with Crippen molar-refractivity contribution in [3.8, 4) is 0 Å². The fourth-order valence-electron chi connectivity index (χ4n) is 1.56. The Bertz CT molecular complexity index is 179. The van der Waals surface area contributed by atoms with Gasteiger partial charge in [0.05, 0.1) is 13.2 Å². The van der Waals surface area contributed by atoms with Crippen LogP contribution >= 0.6 is 0 Å². The van der Waals surface area contributed by atoms with Crippen LogP contribution in [0, 0.1) is 0 Å². The summed E-state index contributed by atoms with van der Waals surface area (Å²) in [5.74, 6) is 0. The van der Waals surface area contributed by atoms with E-state index in [1.54, 1.807) is 0 Å². The van der Waals surface area contributed by atoms with Gasteiger partial charge in [-0.05, 0) is 20.3 Å². The standard InChI is InChI=1S/C11H24O4Si/c1-4-7-8-16(13-5-2,14-6-3)15-10-11-9-12-11/h11H,4-10H2,1-3H3. The maximum Gasteiger partial charge on any atom is 0.501 e. The van der Waals surface area contributed by atoms with Gasteiger partial charge in [0.15, 0.2) is 0 Å². The molecule has 1 heterocycles. The SMILES string of the molecule is CCCC[Si](OCC)(OCC)OCC1CO1. The van der Waals surface area contributed by atoms with E-state index in [9.17, 15) is 0 Å². The van der Waals surface area contributed by atoms with Gasteiger partial charge in [-0.15, -0.1) is 0 Å². The molecular formula is C11H24O4Si. The Morgan fingerprint density at radius 1 is 1.12 bits per heavy atom. The molecule has 4 nitrogen and oxygen atoms in total. The van der Waals surface area contributed by atoms with Gasteiger partial charge in [-0.2, -0.15) is 0 Å². The highest BCUT2D eigenvalue weighted by atomic mass is 28.4. The molecule has 1 saturated heterocycles. The Kier molecular flexibility index (Phi) is 6.53. The summed E-state index contributed by atoms with van der Waals surface area (Å²) >= 11 is 0. The number of hydrogen-bond donors (Lipinski definition) is 0. The van der Waals surface area contributed by atoms with E-state index in [-0.39, 0.29) is 6.10 Å². The van der Waals surface area contributed by atoms with Crippen LogP contribution in [0.15, 0.2) is 0 Å². The van der Waals surface area contributed by atoms with Crippen LogP contribution in [0.5, 0.6) is 0 Å². The van der Waals surface area contributed by atoms with Crippen molar-refractivity contribution in [1.82, 2.24) is 0 Å². The Morgan fingerprint density at radius 2 is 1.75 bits per heavy atom. The smallest absolute Gasteiger partial charge is 0.374 e. The third-order valence-electron chi connectivity index (χ3n) is 2.46. The minimum Gasteiger partial charge on any atom is -0.374 e. The molecule has 0 N–H and O–H groups in total. The molecule has 1 unspecified atom stereocenters. The summed E-state index contributed by atoms with van der Waals surface area (Å²) in [5.41, 5.74) is 0. The maximum atomic E-state index is 5.91. The quantitative estimate of drug-likeness (QED) is 0.439. The van der Waals surface area contributed by atoms with Gasteiger partial charge in [0, 0.05) is 19.3 Å². The Labute approximate surface area is 99.6 Å². The molecule has 0 bridgehead atoms. The van der Waals surface area contributed by atoms with Gasteiger partial charge in [-0.25, -0.2) is 0 Å². The first-order chi connectivity index (χ1) is 7.76. The summed E-state index contributed by atoms with van der Waals surface area (Å²) in [5, 5.41) is 0. The predicted octanol–water partition coefficient (Wildman–Crippen LogP) is 2.21. The summed E-state index contributed by atoms with van der Waals surface area (Å²) in [6.45, 7) is 8.89. The minimum absolute atomic E-state index is 0.273. The monoisotopic (exact) mass is 248 g/mol. The molecular weight excluding hydrogens is 224 g/mol. The van der Waals surface area contributed by atoms with Crippen molar-refractivity contribution < 1.29 is 18.0 Å². The second-order valence-corrected chi connectivity index (χ2v) is 6.65. The van der Waals surface area contributed by atoms with Crippen LogP contribution in [-0.4, -0.2) is 41.3 Å². The lowest BCUT2D eigenvalue weighted by atomic mass is 10.4. The van der Waals surface area contributed by atoms with Crippen LogP contribution in [0.1, 0.15) is 33.6 Å². The molecule has 0 radical (unpaired) electrons. The Hall–Kier alpha value is 0.0569. The molecule has 5 heteroatoms. The van der Waals surface area contributed by atoms with Crippen LogP contribution in [-0.2, 0) is 18.0 Å². The van der Waals surface area contributed by atoms with Crippen LogP contribution in [0.2, 0.25) is 6.04 Å². The maximum absolute atomic E-state index is 5.91. The summed E-state index contributed by atoms with van der Waals surface area (Å²) in [4.78, 5) is 0. The Morgan fingerprint density at radius 3 is 2.19 bits per heavy atom. The first-order valence-corrected chi connectivity index (χ1v) is 8.23.